The molecule has 0 aromatic rings. The minimum absolute atomic E-state index is 0.0669. The fraction of sp³-hybridized carbons (Fsp3) is 0.696. The van der Waals surface area contributed by atoms with E-state index in [1.807, 2.05) is 26.0 Å². The maximum absolute atomic E-state index is 14.3. The minimum atomic E-state index is -1.38. The Morgan fingerprint density at radius 1 is 1.21 bits per heavy atom. The number of hydrogen-bond acceptors (Lipinski definition) is 6. The summed E-state index contributed by atoms with van der Waals surface area (Å²) in [5.41, 5.74) is -0.814. The number of rotatable bonds is 1. The predicted molar refractivity (Wildman–Crippen MR) is 103 cm³/mol. The number of fused-ring (bicyclic) bond motifs is 3. The molecule has 156 valence electrons. The summed E-state index contributed by atoms with van der Waals surface area (Å²) < 4.78 is 17.3. The highest BCUT2D eigenvalue weighted by Gasteiger charge is 2.80. The predicted octanol–water partition coefficient (Wildman–Crippen LogP) is 3.60. The van der Waals surface area contributed by atoms with Gasteiger partial charge in [0.15, 0.2) is 18.0 Å². The summed E-state index contributed by atoms with van der Waals surface area (Å²) in [4.78, 5) is 38.7. The smallest absolute Gasteiger partial charge is 0.453 e. The molecule has 8 atom stereocenters. The van der Waals surface area contributed by atoms with Crippen LogP contribution in [0, 0.1) is 34.5 Å². The van der Waals surface area contributed by atoms with Gasteiger partial charge in [-0.3, -0.25) is 9.59 Å². The van der Waals surface area contributed by atoms with Crippen LogP contribution in [0.4, 0.5) is 4.79 Å². The van der Waals surface area contributed by atoms with E-state index in [9.17, 15) is 14.4 Å². The third-order valence-corrected chi connectivity index (χ3v) is 8.52. The zero-order valence-electron chi connectivity index (χ0n) is 17.8. The quantitative estimate of drug-likeness (QED) is 0.494. The topological polar surface area (TPSA) is 78.9 Å². The molecule has 0 amide bonds. The van der Waals surface area contributed by atoms with Crippen molar-refractivity contribution in [1.82, 2.24) is 0 Å². The van der Waals surface area contributed by atoms with E-state index in [0.717, 1.165) is 17.6 Å². The molecular weight excluding hydrogens is 372 g/mol. The molecule has 5 rings (SSSR count). The van der Waals surface area contributed by atoms with Crippen molar-refractivity contribution in [3.05, 3.63) is 23.3 Å². The van der Waals surface area contributed by atoms with Crippen molar-refractivity contribution in [3.8, 4) is 0 Å². The lowest BCUT2D eigenvalue weighted by atomic mass is 9.59. The molecule has 4 aliphatic carbocycles. The molecule has 0 N–H and O–H groups in total. The highest BCUT2D eigenvalue weighted by molar-refractivity contribution is 5.96. The number of hydrogen-bond donors (Lipinski definition) is 0. The van der Waals surface area contributed by atoms with E-state index >= 15 is 0 Å². The summed E-state index contributed by atoms with van der Waals surface area (Å²) in [5.74, 6) is -0.0537. The molecule has 1 saturated heterocycles. The zero-order chi connectivity index (χ0) is 21.1. The van der Waals surface area contributed by atoms with Crippen molar-refractivity contribution in [1.29, 1.82) is 0 Å². The van der Waals surface area contributed by atoms with Crippen molar-refractivity contribution in [2.75, 3.05) is 0 Å². The van der Waals surface area contributed by atoms with Gasteiger partial charge in [0.1, 0.15) is 0 Å². The van der Waals surface area contributed by atoms with Crippen LogP contribution in [0.2, 0.25) is 0 Å². The number of allylic oxidation sites excluding steroid dienone is 1. The van der Waals surface area contributed by atoms with Crippen molar-refractivity contribution < 1.29 is 28.6 Å². The summed E-state index contributed by atoms with van der Waals surface area (Å²) in [6.07, 6.45) is 2.37. The van der Waals surface area contributed by atoms with Gasteiger partial charge in [-0.1, -0.05) is 32.9 Å². The van der Waals surface area contributed by atoms with Crippen molar-refractivity contribution >= 4 is 17.9 Å². The van der Waals surface area contributed by atoms with Gasteiger partial charge in [-0.25, -0.2) is 4.79 Å². The van der Waals surface area contributed by atoms with Crippen LogP contribution in [0.25, 0.3) is 0 Å². The molecule has 0 aromatic heterocycles. The second-order valence-corrected chi connectivity index (χ2v) is 10.3. The van der Waals surface area contributed by atoms with Crippen molar-refractivity contribution in [2.24, 2.45) is 34.5 Å². The number of ketones is 1. The zero-order valence-corrected chi connectivity index (χ0v) is 17.8. The number of esters is 1. The van der Waals surface area contributed by atoms with Gasteiger partial charge in [-0.2, -0.15) is 0 Å². The first-order chi connectivity index (χ1) is 13.5. The highest BCUT2D eigenvalue weighted by atomic mass is 16.8. The molecule has 3 fully saturated rings. The molecule has 6 nitrogen and oxygen atoms in total. The van der Waals surface area contributed by atoms with Gasteiger partial charge in [0.05, 0.1) is 5.41 Å². The Balaban J connectivity index is 1.79. The van der Waals surface area contributed by atoms with Crippen LogP contribution in [0.15, 0.2) is 23.3 Å². The van der Waals surface area contributed by atoms with Gasteiger partial charge in [0.25, 0.3) is 0 Å². The SMILES string of the molecule is CC(=O)O[C@H]1C(C)=C[C@]23C(=O)C(C=C(C)[C@H]4OC(=O)OC412)[C@H]1C(C[C@H]3C)C1(C)C. The van der Waals surface area contributed by atoms with Gasteiger partial charge in [0.2, 0.25) is 5.60 Å². The Hall–Kier alpha value is -2.11. The fourth-order valence-electron chi connectivity index (χ4n) is 7.31. The number of Topliss-reactive ketones (excluding diaryl/α,β-unsaturated/α-hetero) is 1. The van der Waals surface area contributed by atoms with Crippen LogP contribution >= 0.6 is 0 Å². The first kappa shape index (κ1) is 18.9. The maximum Gasteiger partial charge on any atom is 0.509 e. The molecule has 5 aliphatic rings. The van der Waals surface area contributed by atoms with E-state index in [2.05, 4.69) is 20.8 Å². The first-order valence-corrected chi connectivity index (χ1v) is 10.5. The van der Waals surface area contributed by atoms with E-state index in [-0.39, 0.29) is 29.0 Å². The lowest BCUT2D eigenvalue weighted by Crippen LogP contribution is -2.64. The second kappa shape index (κ2) is 5.32. The lowest BCUT2D eigenvalue weighted by Gasteiger charge is -2.47. The summed E-state index contributed by atoms with van der Waals surface area (Å²) in [5, 5.41) is 0. The molecule has 29 heavy (non-hydrogen) atoms. The van der Waals surface area contributed by atoms with Crippen molar-refractivity contribution in [2.45, 2.75) is 65.8 Å². The van der Waals surface area contributed by atoms with E-state index in [0.29, 0.717) is 5.92 Å². The van der Waals surface area contributed by atoms with E-state index in [1.54, 1.807) is 0 Å². The molecule has 0 radical (unpaired) electrons. The summed E-state index contributed by atoms with van der Waals surface area (Å²) in [6, 6.07) is 0. The number of carbonyl (C=O) groups excluding carboxylic acids is 3. The van der Waals surface area contributed by atoms with Gasteiger partial charge in [0, 0.05) is 12.8 Å². The molecule has 1 aliphatic heterocycles. The molecular formula is C23H28O6. The Morgan fingerprint density at radius 3 is 2.55 bits per heavy atom. The number of ether oxygens (including phenoxy) is 3. The summed E-state index contributed by atoms with van der Waals surface area (Å²) in [6.45, 7) is 11.6. The average molecular weight is 400 g/mol. The highest BCUT2D eigenvalue weighted by Crippen LogP contribution is 2.72. The number of carbonyl (C=O) groups is 3. The van der Waals surface area contributed by atoms with Gasteiger partial charge >= 0.3 is 12.1 Å². The minimum Gasteiger partial charge on any atom is -0.453 e. The van der Waals surface area contributed by atoms with E-state index < -0.39 is 35.3 Å². The Kier molecular flexibility index (Phi) is 3.47. The Labute approximate surface area is 170 Å². The van der Waals surface area contributed by atoms with E-state index in [4.69, 9.17) is 14.2 Å². The Morgan fingerprint density at radius 2 is 1.90 bits per heavy atom. The largest absolute Gasteiger partial charge is 0.509 e. The average Bonchev–Trinajstić information content (AvgIpc) is 2.92. The van der Waals surface area contributed by atoms with Gasteiger partial charge in [-0.15, -0.1) is 0 Å². The summed E-state index contributed by atoms with van der Waals surface area (Å²) in [7, 11) is 0. The van der Waals surface area contributed by atoms with Crippen LogP contribution in [-0.2, 0) is 23.8 Å². The maximum atomic E-state index is 14.3. The van der Waals surface area contributed by atoms with Crippen LogP contribution in [0.5, 0.6) is 0 Å². The van der Waals surface area contributed by atoms with Crippen LogP contribution in [-0.4, -0.2) is 35.7 Å². The molecule has 2 spiro atoms. The standard InChI is InChI=1S/C23H28O6/c1-10-7-14-16-15(21(16,5)6)8-12(3)22(17(14)25)9-11(2)19(27-13(4)24)23(22)18(10)28-20(26)29-23/h7,9,12,14-16,18-19H,8H2,1-6H3/t12-,14?,15?,16+,18-,19+,22+,23?/m1/s1. The fourth-order valence-corrected chi connectivity index (χ4v) is 7.31. The monoisotopic (exact) mass is 400 g/mol. The second-order valence-electron chi connectivity index (χ2n) is 10.3. The van der Waals surface area contributed by atoms with Crippen molar-refractivity contribution in [3.63, 3.8) is 0 Å². The van der Waals surface area contributed by atoms with Crippen LogP contribution in [0.3, 0.4) is 0 Å². The van der Waals surface area contributed by atoms with Crippen LogP contribution in [0.1, 0.15) is 48.0 Å². The summed E-state index contributed by atoms with van der Waals surface area (Å²) >= 11 is 0. The van der Waals surface area contributed by atoms with Gasteiger partial charge in [-0.05, 0) is 54.6 Å². The normalized spacial score (nSPS) is 48.6. The molecule has 1 heterocycles. The molecule has 2 bridgehead atoms. The third kappa shape index (κ3) is 1.96. The molecule has 2 saturated carbocycles. The van der Waals surface area contributed by atoms with E-state index in [1.165, 1.54) is 6.92 Å². The van der Waals surface area contributed by atoms with Crippen LogP contribution < -0.4 is 0 Å². The molecule has 0 aromatic carbocycles. The molecule has 3 unspecified atom stereocenters. The Bertz CT molecular complexity index is 912. The third-order valence-electron chi connectivity index (χ3n) is 8.52. The molecule has 6 heteroatoms. The lowest BCUT2D eigenvalue weighted by molar-refractivity contribution is -0.177. The van der Waals surface area contributed by atoms with Gasteiger partial charge < -0.3 is 14.2 Å². The first-order valence-electron chi connectivity index (χ1n) is 10.5.